The third kappa shape index (κ3) is 2.55. The van der Waals surface area contributed by atoms with E-state index in [1.807, 2.05) is 11.4 Å². The first kappa shape index (κ1) is 10.2. The van der Waals surface area contributed by atoms with Crippen LogP contribution in [0.2, 0.25) is 0 Å². The Hall–Kier alpha value is 0.100. The first-order valence-electron chi connectivity index (χ1n) is 3.94. The molecule has 1 heterocycles. The van der Waals surface area contributed by atoms with E-state index < -0.39 is 0 Å². The molecule has 0 unspecified atom stereocenters. The van der Waals surface area contributed by atoms with Crippen molar-refractivity contribution >= 4 is 27.3 Å². The standard InChI is InChI=1S/C8H13BrN2S/c9-6-3-5-12-8(6)7(11)2-1-4-10/h3,5,7H,1-2,4,10-11H2/t7-/m0/s1. The second-order valence-corrected chi connectivity index (χ2v) is 4.47. The average molecular weight is 249 g/mol. The van der Waals surface area contributed by atoms with Crippen LogP contribution in [0.1, 0.15) is 23.8 Å². The van der Waals surface area contributed by atoms with Crippen molar-refractivity contribution < 1.29 is 0 Å². The number of nitrogens with two attached hydrogens (primary N) is 2. The molecule has 1 aromatic heterocycles. The molecule has 0 radical (unpaired) electrons. The Balaban J connectivity index is 2.52. The summed E-state index contributed by atoms with van der Waals surface area (Å²) < 4.78 is 1.12. The maximum absolute atomic E-state index is 5.95. The molecule has 0 bridgehead atoms. The summed E-state index contributed by atoms with van der Waals surface area (Å²) in [5.74, 6) is 0. The summed E-state index contributed by atoms with van der Waals surface area (Å²) in [6.07, 6.45) is 1.96. The van der Waals surface area contributed by atoms with E-state index in [9.17, 15) is 0 Å². The lowest BCUT2D eigenvalue weighted by atomic mass is 10.1. The summed E-state index contributed by atoms with van der Waals surface area (Å²) >= 11 is 5.15. The van der Waals surface area contributed by atoms with Crippen LogP contribution in [-0.2, 0) is 0 Å². The van der Waals surface area contributed by atoms with E-state index in [0.717, 1.165) is 23.9 Å². The Kier molecular flexibility index (Phi) is 4.21. The molecule has 0 saturated carbocycles. The van der Waals surface area contributed by atoms with Crippen LogP contribution in [-0.4, -0.2) is 6.54 Å². The molecule has 2 nitrogen and oxygen atoms in total. The first-order valence-corrected chi connectivity index (χ1v) is 5.61. The molecule has 0 aliphatic rings. The second kappa shape index (κ2) is 4.97. The molecule has 4 N–H and O–H groups in total. The number of halogens is 1. The largest absolute Gasteiger partial charge is 0.330 e. The molecule has 1 aromatic rings. The molecule has 0 saturated heterocycles. The van der Waals surface area contributed by atoms with Gasteiger partial charge >= 0.3 is 0 Å². The van der Waals surface area contributed by atoms with Gasteiger partial charge in [0.1, 0.15) is 0 Å². The molecule has 12 heavy (non-hydrogen) atoms. The van der Waals surface area contributed by atoms with Gasteiger partial charge in [-0.1, -0.05) is 0 Å². The Morgan fingerprint density at radius 3 is 2.83 bits per heavy atom. The number of hydrogen-bond donors (Lipinski definition) is 2. The highest BCUT2D eigenvalue weighted by Crippen LogP contribution is 2.29. The molecule has 0 amide bonds. The predicted octanol–water partition coefficient (Wildman–Crippen LogP) is 2.25. The zero-order chi connectivity index (χ0) is 8.97. The van der Waals surface area contributed by atoms with Crippen LogP contribution < -0.4 is 11.5 Å². The Morgan fingerprint density at radius 1 is 1.58 bits per heavy atom. The molecule has 68 valence electrons. The van der Waals surface area contributed by atoms with E-state index in [2.05, 4.69) is 15.9 Å². The summed E-state index contributed by atoms with van der Waals surface area (Å²) in [5.41, 5.74) is 11.4. The lowest BCUT2D eigenvalue weighted by Gasteiger charge is -2.08. The zero-order valence-corrected chi connectivity index (χ0v) is 9.20. The summed E-state index contributed by atoms with van der Waals surface area (Å²) in [6, 6.07) is 2.17. The molecular weight excluding hydrogens is 236 g/mol. The fourth-order valence-electron chi connectivity index (χ4n) is 1.04. The van der Waals surface area contributed by atoms with Crippen molar-refractivity contribution in [3.63, 3.8) is 0 Å². The van der Waals surface area contributed by atoms with Crippen LogP contribution in [0.5, 0.6) is 0 Å². The molecule has 4 heteroatoms. The summed E-state index contributed by atoms with van der Waals surface area (Å²) in [4.78, 5) is 1.23. The van der Waals surface area contributed by atoms with Gasteiger partial charge in [-0.3, -0.25) is 0 Å². The quantitative estimate of drug-likeness (QED) is 0.859. The van der Waals surface area contributed by atoms with Gasteiger partial charge in [-0.25, -0.2) is 0 Å². The third-order valence-electron chi connectivity index (χ3n) is 1.70. The van der Waals surface area contributed by atoms with Gasteiger partial charge in [-0.05, 0) is 46.8 Å². The van der Waals surface area contributed by atoms with Crippen molar-refractivity contribution in [1.29, 1.82) is 0 Å². The van der Waals surface area contributed by atoms with Gasteiger partial charge in [-0.15, -0.1) is 11.3 Å². The summed E-state index contributed by atoms with van der Waals surface area (Å²) in [5, 5.41) is 2.04. The van der Waals surface area contributed by atoms with Crippen molar-refractivity contribution in [1.82, 2.24) is 0 Å². The van der Waals surface area contributed by atoms with E-state index in [4.69, 9.17) is 11.5 Å². The van der Waals surface area contributed by atoms with Crippen LogP contribution in [0.4, 0.5) is 0 Å². The molecule has 1 atom stereocenters. The minimum atomic E-state index is 0.142. The Morgan fingerprint density at radius 2 is 2.33 bits per heavy atom. The number of hydrogen-bond acceptors (Lipinski definition) is 3. The summed E-state index contributed by atoms with van der Waals surface area (Å²) in [7, 11) is 0. The van der Waals surface area contributed by atoms with E-state index in [0.29, 0.717) is 0 Å². The maximum atomic E-state index is 5.95. The molecular formula is C8H13BrN2S. The molecule has 0 aliphatic heterocycles. The maximum Gasteiger partial charge on any atom is 0.0401 e. The topological polar surface area (TPSA) is 52.0 Å². The van der Waals surface area contributed by atoms with Crippen molar-refractivity contribution in [2.45, 2.75) is 18.9 Å². The third-order valence-corrected chi connectivity index (χ3v) is 3.70. The fraction of sp³-hybridized carbons (Fsp3) is 0.500. The normalized spacial score (nSPS) is 13.2. The van der Waals surface area contributed by atoms with Gasteiger partial charge in [0.2, 0.25) is 0 Å². The van der Waals surface area contributed by atoms with Crippen molar-refractivity contribution in [2.75, 3.05) is 6.54 Å². The van der Waals surface area contributed by atoms with Gasteiger partial charge < -0.3 is 11.5 Å². The van der Waals surface area contributed by atoms with E-state index in [1.54, 1.807) is 11.3 Å². The van der Waals surface area contributed by atoms with Crippen LogP contribution in [0.25, 0.3) is 0 Å². The van der Waals surface area contributed by atoms with Crippen LogP contribution in [0, 0.1) is 0 Å². The van der Waals surface area contributed by atoms with Gasteiger partial charge in [0, 0.05) is 15.4 Å². The zero-order valence-electron chi connectivity index (χ0n) is 6.79. The van der Waals surface area contributed by atoms with Gasteiger partial charge in [0.25, 0.3) is 0 Å². The highest BCUT2D eigenvalue weighted by Gasteiger charge is 2.09. The second-order valence-electron chi connectivity index (χ2n) is 2.67. The minimum Gasteiger partial charge on any atom is -0.330 e. The van der Waals surface area contributed by atoms with Gasteiger partial charge in [0.05, 0.1) is 0 Å². The molecule has 0 aliphatic carbocycles. The molecule has 0 aromatic carbocycles. The summed E-state index contributed by atoms with van der Waals surface area (Å²) in [6.45, 7) is 0.719. The van der Waals surface area contributed by atoms with Gasteiger partial charge in [-0.2, -0.15) is 0 Å². The monoisotopic (exact) mass is 248 g/mol. The molecule has 1 rings (SSSR count). The number of rotatable bonds is 4. The first-order chi connectivity index (χ1) is 5.75. The highest BCUT2D eigenvalue weighted by molar-refractivity contribution is 9.10. The lowest BCUT2D eigenvalue weighted by molar-refractivity contribution is 0.625. The van der Waals surface area contributed by atoms with E-state index in [1.165, 1.54) is 4.88 Å². The minimum absolute atomic E-state index is 0.142. The van der Waals surface area contributed by atoms with E-state index in [-0.39, 0.29) is 6.04 Å². The van der Waals surface area contributed by atoms with Gasteiger partial charge in [0.15, 0.2) is 0 Å². The van der Waals surface area contributed by atoms with Crippen molar-refractivity contribution in [3.05, 3.63) is 20.8 Å². The van der Waals surface area contributed by atoms with E-state index >= 15 is 0 Å². The smallest absolute Gasteiger partial charge is 0.0401 e. The van der Waals surface area contributed by atoms with Crippen LogP contribution >= 0.6 is 27.3 Å². The lowest BCUT2D eigenvalue weighted by Crippen LogP contribution is -2.11. The Labute approximate surface area is 85.1 Å². The predicted molar refractivity (Wildman–Crippen MR) is 57.2 cm³/mol. The SMILES string of the molecule is NCCC[C@H](N)c1sccc1Br. The van der Waals surface area contributed by atoms with Crippen LogP contribution in [0.15, 0.2) is 15.9 Å². The average Bonchev–Trinajstić information content (AvgIpc) is 2.47. The highest BCUT2D eigenvalue weighted by atomic mass is 79.9. The van der Waals surface area contributed by atoms with Crippen molar-refractivity contribution in [3.8, 4) is 0 Å². The molecule has 0 spiro atoms. The van der Waals surface area contributed by atoms with Crippen LogP contribution in [0.3, 0.4) is 0 Å². The Bertz CT molecular complexity index is 237. The number of thiophene rings is 1. The molecule has 0 fully saturated rings. The van der Waals surface area contributed by atoms with Crippen molar-refractivity contribution in [2.24, 2.45) is 11.5 Å². The fourth-order valence-corrected chi connectivity index (χ4v) is 2.74.